The Morgan fingerprint density at radius 3 is 2.78 bits per heavy atom. The molecule has 0 spiro atoms. The number of rotatable bonds is 4. The summed E-state index contributed by atoms with van der Waals surface area (Å²) in [6.45, 7) is 4.03. The van der Waals surface area contributed by atoms with E-state index in [0.717, 1.165) is 30.8 Å². The van der Waals surface area contributed by atoms with E-state index in [1.54, 1.807) is 0 Å². The number of aliphatic hydroxyl groups is 1. The van der Waals surface area contributed by atoms with Crippen molar-refractivity contribution in [2.75, 3.05) is 6.54 Å². The first-order valence-corrected chi connectivity index (χ1v) is 6.32. The normalized spacial score (nSPS) is 18.8. The molecule has 5 heteroatoms. The molecule has 3 N–H and O–H groups in total. The maximum absolute atomic E-state index is 11.6. The molecule has 2 amide bonds. The zero-order chi connectivity index (χ0) is 13.2. The molecule has 1 atom stereocenters. The van der Waals surface area contributed by atoms with Gasteiger partial charge in [0.25, 0.3) is 0 Å². The lowest BCUT2D eigenvalue weighted by Crippen LogP contribution is -2.50. The first kappa shape index (κ1) is 13.0. The van der Waals surface area contributed by atoms with Gasteiger partial charge in [-0.2, -0.15) is 0 Å². The lowest BCUT2D eigenvalue weighted by atomic mass is 9.80. The zero-order valence-corrected chi connectivity index (χ0v) is 10.8. The van der Waals surface area contributed by atoms with Crippen LogP contribution in [0.4, 0.5) is 4.79 Å². The second kappa shape index (κ2) is 5.02. The molecule has 0 aromatic carbocycles. The number of nitrogens with one attached hydrogen (secondary N) is 2. The van der Waals surface area contributed by atoms with Crippen molar-refractivity contribution in [3.05, 3.63) is 23.7 Å². The predicted molar refractivity (Wildman–Crippen MR) is 67.2 cm³/mol. The number of furan rings is 1. The van der Waals surface area contributed by atoms with Crippen molar-refractivity contribution >= 4 is 6.03 Å². The third-order valence-electron chi connectivity index (χ3n) is 3.40. The fourth-order valence-electron chi connectivity index (χ4n) is 2.01. The molecule has 0 bridgehead atoms. The highest BCUT2D eigenvalue weighted by Gasteiger charge is 2.34. The first-order chi connectivity index (χ1) is 8.48. The number of carbonyl (C=O) groups excluding carboxylic acids is 1. The maximum Gasteiger partial charge on any atom is 0.315 e. The molecule has 2 rings (SSSR count). The minimum absolute atomic E-state index is 0.185. The van der Waals surface area contributed by atoms with Crippen molar-refractivity contribution in [3.8, 4) is 0 Å². The van der Waals surface area contributed by atoms with Gasteiger partial charge in [0.2, 0.25) is 0 Å². The highest BCUT2D eigenvalue weighted by molar-refractivity contribution is 5.74. The lowest BCUT2D eigenvalue weighted by Gasteiger charge is -2.36. The molecular weight excluding hydrogens is 232 g/mol. The quantitative estimate of drug-likeness (QED) is 0.765. The summed E-state index contributed by atoms with van der Waals surface area (Å²) in [5, 5.41) is 15.3. The highest BCUT2D eigenvalue weighted by atomic mass is 16.3. The molecular formula is C13H20N2O3. The monoisotopic (exact) mass is 252 g/mol. The number of aryl methyl sites for hydroxylation is 1. The van der Waals surface area contributed by atoms with Gasteiger partial charge in [0.1, 0.15) is 11.5 Å². The van der Waals surface area contributed by atoms with Gasteiger partial charge in [-0.3, -0.25) is 0 Å². The van der Waals surface area contributed by atoms with Crippen LogP contribution in [-0.2, 0) is 0 Å². The van der Waals surface area contributed by atoms with Crippen molar-refractivity contribution in [1.82, 2.24) is 10.6 Å². The highest BCUT2D eigenvalue weighted by Crippen LogP contribution is 2.30. The third kappa shape index (κ3) is 3.04. The lowest BCUT2D eigenvalue weighted by molar-refractivity contribution is -0.0290. The SMILES string of the molecule is Cc1ccc(C(C)NC(=O)NCC2(O)CCC2)o1. The average molecular weight is 252 g/mol. The van der Waals surface area contributed by atoms with Crippen molar-refractivity contribution in [3.63, 3.8) is 0 Å². The number of urea groups is 1. The molecule has 1 fully saturated rings. The molecule has 1 aliphatic carbocycles. The van der Waals surface area contributed by atoms with E-state index in [1.807, 2.05) is 26.0 Å². The number of hydrogen-bond acceptors (Lipinski definition) is 3. The van der Waals surface area contributed by atoms with Crippen LogP contribution < -0.4 is 10.6 Å². The van der Waals surface area contributed by atoms with Crippen LogP contribution in [0.25, 0.3) is 0 Å². The fourth-order valence-corrected chi connectivity index (χ4v) is 2.01. The Kier molecular flexibility index (Phi) is 3.61. The van der Waals surface area contributed by atoms with Gasteiger partial charge in [0.15, 0.2) is 0 Å². The summed E-state index contributed by atoms with van der Waals surface area (Å²) >= 11 is 0. The molecule has 1 saturated carbocycles. The van der Waals surface area contributed by atoms with E-state index in [-0.39, 0.29) is 12.1 Å². The van der Waals surface area contributed by atoms with E-state index in [0.29, 0.717) is 6.54 Å². The Labute approximate surface area is 107 Å². The molecule has 5 nitrogen and oxygen atoms in total. The standard InChI is InChI=1S/C13H20N2O3/c1-9-4-5-11(18-9)10(2)15-12(16)14-8-13(17)6-3-7-13/h4-5,10,17H,3,6-8H2,1-2H3,(H2,14,15,16). The topological polar surface area (TPSA) is 74.5 Å². The summed E-state index contributed by atoms with van der Waals surface area (Å²) in [4.78, 5) is 11.6. The molecule has 0 saturated heterocycles. The Bertz CT molecular complexity index is 424. The van der Waals surface area contributed by atoms with Gasteiger partial charge in [-0.05, 0) is 45.2 Å². The van der Waals surface area contributed by atoms with Crippen molar-refractivity contribution in [1.29, 1.82) is 0 Å². The molecule has 1 unspecified atom stereocenters. The van der Waals surface area contributed by atoms with Gasteiger partial charge in [-0.25, -0.2) is 4.79 Å². The predicted octanol–water partition coefficient (Wildman–Crippen LogP) is 1.86. The van der Waals surface area contributed by atoms with Crippen LogP contribution in [0.3, 0.4) is 0 Å². The van der Waals surface area contributed by atoms with E-state index in [1.165, 1.54) is 0 Å². The van der Waals surface area contributed by atoms with E-state index in [2.05, 4.69) is 10.6 Å². The van der Waals surface area contributed by atoms with Crippen molar-refractivity contribution in [2.24, 2.45) is 0 Å². The van der Waals surface area contributed by atoms with Crippen molar-refractivity contribution in [2.45, 2.75) is 44.8 Å². The largest absolute Gasteiger partial charge is 0.464 e. The van der Waals surface area contributed by atoms with Crippen LogP contribution in [0.5, 0.6) is 0 Å². The van der Waals surface area contributed by atoms with E-state index < -0.39 is 5.60 Å². The van der Waals surface area contributed by atoms with Crippen LogP contribution in [-0.4, -0.2) is 23.3 Å². The smallest absolute Gasteiger partial charge is 0.315 e. The Hall–Kier alpha value is -1.49. The van der Waals surface area contributed by atoms with Gasteiger partial charge >= 0.3 is 6.03 Å². The summed E-state index contributed by atoms with van der Waals surface area (Å²) in [6.07, 6.45) is 2.56. The van der Waals surface area contributed by atoms with Gasteiger partial charge in [-0.1, -0.05) is 0 Å². The summed E-state index contributed by atoms with van der Waals surface area (Å²) < 4.78 is 5.43. The second-order valence-electron chi connectivity index (χ2n) is 5.08. The minimum atomic E-state index is -0.693. The summed E-state index contributed by atoms with van der Waals surface area (Å²) in [5.41, 5.74) is -0.693. The van der Waals surface area contributed by atoms with Crippen LogP contribution >= 0.6 is 0 Å². The van der Waals surface area contributed by atoms with Gasteiger partial charge in [0.05, 0.1) is 11.6 Å². The number of carbonyl (C=O) groups is 1. The van der Waals surface area contributed by atoms with Crippen molar-refractivity contribution < 1.29 is 14.3 Å². The van der Waals surface area contributed by atoms with E-state index in [4.69, 9.17) is 4.42 Å². The molecule has 1 aromatic rings. The fraction of sp³-hybridized carbons (Fsp3) is 0.615. The molecule has 1 aromatic heterocycles. The molecule has 18 heavy (non-hydrogen) atoms. The summed E-state index contributed by atoms with van der Waals surface area (Å²) in [6, 6.07) is 3.24. The minimum Gasteiger partial charge on any atom is -0.464 e. The molecule has 0 aliphatic heterocycles. The zero-order valence-electron chi connectivity index (χ0n) is 10.8. The maximum atomic E-state index is 11.6. The summed E-state index contributed by atoms with van der Waals surface area (Å²) in [7, 11) is 0. The molecule has 100 valence electrons. The van der Waals surface area contributed by atoms with Crippen LogP contribution in [0.2, 0.25) is 0 Å². The van der Waals surface area contributed by atoms with Crippen LogP contribution in [0.1, 0.15) is 43.7 Å². The number of amides is 2. The second-order valence-corrected chi connectivity index (χ2v) is 5.08. The van der Waals surface area contributed by atoms with Gasteiger partial charge in [0, 0.05) is 6.54 Å². The Morgan fingerprint density at radius 2 is 2.28 bits per heavy atom. The van der Waals surface area contributed by atoms with E-state index >= 15 is 0 Å². The van der Waals surface area contributed by atoms with E-state index in [9.17, 15) is 9.90 Å². The average Bonchev–Trinajstić information content (AvgIpc) is 2.70. The molecule has 1 heterocycles. The van der Waals surface area contributed by atoms with Crippen LogP contribution in [0, 0.1) is 6.92 Å². The summed E-state index contributed by atoms with van der Waals surface area (Å²) in [5.74, 6) is 1.55. The van der Waals surface area contributed by atoms with Gasteiger partial charge in [-0.15, -0.1) is 0 Å². The van der Waals surface area contributed by atoms with Crippen LogP contribution in [0.15, 0.2) is 16.5 Å². The third-order valence-corrected chi connectivity index (χ3v) is 3.40. The molecule has 0 radical (unpaired) electrons. The first-order valence-electron chi connectivity index (χ1n) is 6.32. The number of hydrogen-bond donors (Lipinski definition) is 3. The Morgan fingerprint density at radius 1 is 1.56 bits per heavy atom. The molecule has 1 aliphatic rings. The van der Waals surface area contributed by atoms with Gasteiger partial charge < -0.3 is 20.2 Å². The Balaban J connectivity index is 1.76.